The van der Waals surface area contributed by atoms with E-state index in [9.17, 15) is 4.39 Å². The summed E-state index contributed by atoms with van der Waals surface area (Å²) in [5.41, 5.74) is 1.04. The Bertz CT molecular complexity index is 216. The highest BCUT2D eigenvalue weighted by Gasteiger charge is 1.99. The second-order valence-electron chi connectivity index (χ2n) is 2.61. The van der Waals surface area contributed by atoms with Crippen molar-refractivity contribution in [3.8, 4) is 0 Å². The monoisotopic (exact) mass is 216 g/mol. The van der Waals surface area contributed by atoms with Crippen LogP contribution in [0.15, 0.2) is 28.7 Å². The van der Waals surface area contributed by atoms with E-state index in [0.717, 1.165) is 10.0 Å². The highest BCUT2D eigenvalue weighted by atomic mass is 79.9. The minimum Gasteiger partial charge on any atom is -0.247 e. The van der Waals surface area contributed by atoms with Gasteiger partial charge in [-0.3, -0.25) is 0 Å². The van der Waals surface area contributed by atoms with Gasteiger partial charge in [0.25, 0.3) is 0 Å². The molecule has 0 bridgehead atoms. The molecule has 11 heavy (non-hydrogen) atoms. The van der Waals surface area contributed by atoms with Crippen LogP contribution in [-0.2, 0) is 6.42 Å². The molecule has 0 heterocycles. The fourth-order valence-corrected chi connectivity index (χ4v) is 1.21. The normalized spacial score (nSPS) is 13.0. The first-order chi connectivity index (χ1) is 5.18. The molecule has 0 nitrogen and oxygen atoms in total. The Kier molecular flexibility index (Phi) is 3.06. The van der Waals surface area contributed by atoms with Crippen molar-refractivity contribution in [3.63, 3.8) is 0 Å². The molecule has 0 aromatic heterocycles. The van der Waals surface area contributed by atoms with Crippen LogP contribution >= 0.6 is 15.9 Å². The minimum absolute atomic E-state index is 0.507. The van der Waals surface area contributed by atoms with Crippen LogP contribution in [0.1, 0.15) is 12.5 Å². The van der Waals surface area contributed by atoms with Crippen LogP contribution < -0.4 is 0 Å². The maximum Gasteiger partial charge on any atom is 0.101 e. The largest absolute Gasteiger partial charge is 0.247 e. The van der Waals surface area contributed by atoms with E-state index in [-0.39, 0.29) is 0 Å². The van der Waals surface area contributed by atoms with Gasteiger partial charge in [-0.25, -0.2) is 4.39 Å². The van der Waals surface area contributed by atoms with Crippen LogP contribution in [0.4, 0.5) is 4.39 Å². The van der Waals surface area contributed by atoms with Crippen LogP contribution in [0.25, 0.3) is 0 Å². The van der Waals surface area contributed by atoms with Gasteiger partial charge in [-0.2, -0.15) is 0 Å². The lowest BCUT2D eigenvalue weighted by atomic mass is 10.1. The minimum atomic E-state index is -0.754. The Morgan fingerprint density at radius 1 is 1.36 bits per heavy atom. The van der Waals surface area contributed by atoms with Crippen molar-refractivity contribution in [2.24, 2.45) is 0 Å². The standard InChI is InChI=1S/C9H10BrF/c1-7(11)6-8-2-4-9(10)5-3-8/h2-5,7H,6H2,1H3. The number of hydrogen-bond donors (Lipinski definition) is 0. The van der Waals surface area contributed by atoms with Crippen LogP contribution in [-0.4, -0.2) is 6.17 Å². The predicted molar refractivity (Wildman–Crippen MR) is 48.4 cm³/mol. The predicted octanol–water partition coefficient (Wildman–Crippen LogP) is 3.35. The van der Waals surface area contributed by atoms with Crippen molar-refractivity contribution in [3.05, 3.63) is 34.3 Å². The van der Waals surface area contributed by atoms with Crippen molar-refractivity contribution in [1.82, 2.24) is 0 Å². The molecule has 0 saturated carbocycles. The van der Waals surface area contributed by atoms with Gasteiger partial charge in [-0.1, -0.05) is 28.1 Å². The zero-order valence-electron chi connectivity index (χ0n) is 6.35. The molecule has 1 rings (SSSR count). The average molecular weight is 217 g/mol. The molecule has 1 aromatic rings. The summed E-state index contributed by atoms with van der Waals surface area (Å²) in [5, 5.41) is 0. The Hall–Kier alpha value is -0.370. The molecule has 0 N–H and O–H groups in total. The van der Waals surface area contributed by atoms with Gasteiger partial charge in [0.2, 0.25) is 0 Å². The smallest absolute Gasteiger partial charge is 0.101 e. The number of alkyl halides is 1. The molecule has 60 valence electrons. The molecule has 0 amide bonds. The molecule has 0 radical (unpaired) electrons. The van der Waals surface area contributed by atoms with Gasteiger partial charge < -0.3 is 0 Å². The Labute approximate surface area is 74.6 Å². The van der Waals surface area contributed by atoms with Crippen molar-refractivity contribution in [2.45, 2.75) is 19.5 Å². The Morgan fingerprint density at radius 3 is 2.36 bits per heavy atom. The third-order valence-corrected chi connectivity index (χ3v) is 1.96. The topological polar surface area (TPSA) is 0 Å². The maximum absolute atomic E-state index is 12.5. The van der Waals surface area contributed by atoms with E-state index in [1.54, 1.807) is 6.92 Å². The zero-order chi connectivity index (χ0) is 8.27. The van der Waals surface area contributed by atoms with Crippen molar-refractivity contribution in [1.29, 1.82) is 0 Å². The lowest BCUT2D eigenvalue weighted by Gasteiger charge is -2.01. The van der Waals surface area contributed by atoms with Crippen LogP contribution in [0.2, 0.25) is 0 Å². The van der Waals surface area contributed by atoms with E-state index in [1.165, 1.54) is 0 Å². The quantitative estimate of drug-likeness (QED) is 0.712. The summed E-state index contributed by atoms with van der Waals surface area (Å²) in [7, 11) is 0. The average Bonchev–Trinajstić information content (AvgIpc) is 1.93. The van der Waals surface area contributed by atoms with Crippen molar-refractivity contribution >= 4 is 15.9 Å². The van der Waals surface area contributed by atoms with Gasteiger partial charge in [0.15, 0.2) is 0 Å². The molecule has 1 atom stereocenters. The second-order valence-corrected chi connectivity index (χ2v) is 3.53. The molecule has 1 unspecified atom stereocenters. The summed E-state index contributed by atoms with van der Waals surface area (Å²) in [6, 6.07) is 7.72. The number of halogens is 2. The summed E-state index contributed by atoms with van der Waals surface area (Å²) in [6.45, 7) is 1.57. The van der Waals surface area contributed by atoms with Gasteiger partial charge in [0.05, 0.1) is 0 Å². The summed E-state index contributed by atoms with van der Waals surface area (Å²) in [4.78, 5) is 0. The van der Waals surface area contributed by atoms with Crippen LogP contribution in [0.3, 0.4) is 0 Å². The molecule has 1 aromatic carbocycles. The van der Waals surface area contributed by atoms with E-state index < -0.39 is 6.17 Å². The SMILES string of the molecule is CC(F)Cc1ccc(Br)cc1. The van der Waals surface area contributed by atoms with Gasteiger partial charge >= 0.3 is 0 Å². The maximum atomic E-state index is 12.5. The van der Waals surface area contributed by atoms with E-state index in [4.69, 9.17) is 0 Å². The summed E-state index contributed by atoms with van der Waals surface area (Å²) in [5.74, 6) is 0. The molecule has 0 spiro atoms. The lowest BCUT2D eigenvalue weighted by molar-refractivity contribution is 0.360. The van der Waals surface area contributed by atoms with E-state index in [2.05, 4.69) is 15.9 Å². The Morgan fingerprint density at radius 2 is 1.91 bits per heavy atom. The molecule has 0 aliphatic heterocycles. The highest BCUT2D eigenvalue weighted by molar-refractivity contribution is 9.10. The molecule has 2 heteroatoms. The van der Waals surface area contributed by atoms with Gasteiger partial charge in [-0.05, 0) is 24.6 Å². The highest BCUT2D eigenvalue weighted by Crippen LogP contribution is 2.12. The number of rotatable bonds is 2. The van der Waals surface area contributed by atoms with Gasteiger partial charge in [0, 0.05) is 10.9 Å². The molecular weight excluding hydrogens is 207 g/mol. The molecule has 0 aliphatic rings. The number of benzene rings is 1. The number of hydrogen-bond acceptors (Lipinski definition) is 0. The first kappa shape index (κ1) is 8.72. The lowest BCUT2D eigenvalue weighted by Crippen LogP contribution is -1.97. The molecular formula is C9H10BrF. The first-order valence-electron chi connectivity index (χ1n) is 3.57. The first-order valence-corrected chi connectivity index (χ1v) is 4.36. The van der Waals surface area contributed by atoms with Crippen LogP contribution in [0, 0.1) is 0 Å². The van der Waals surface area contributed by atoms with Crippen molar-refractivity contribution in [2.75, 3.05) is 0 Å². The summed E-state index contributed by atoms with van der Waals surface area (Å²) in [6.07, 6.45) is -0.246. The molecule has 0 fully saturated rings. The van der Waals surface area contributed by atoms with Gasteiger partial charge in [0.1, 0.15) is 6.17 Å². The van der Waals surface area contributed by atoms with Crippen LogP contribution in [0.5, 0.6) is 0 Å². The Balaban J connectivity index is 2.66. The van der Waals surface area contributed by atoms with E-state index in [1.807, 2.05) is 24.3 Å². The summed E-state index contributed by atoms with van der Waals surface area (Å²) >= 11 is 3.32. The third kappa shape index (κ3) is 3.02. The zero-order valence-corrected chi connectivity index (χ0v) is 7.94. The van der Waals surface area contributed by atoms with E-state index in [0.29, 0.717) is 6.42 Å². The molecule has 0 aliphatic carbocycles. The van der Waals surface area contributed by atoms with Gasteiger partial charge in [-0.15, -0.1) is 0 Å². The fraction of sp³-hybridized carbons (Fsp3) is 0.333. The fourth-order valence-electron chi connectivity index (χ4n) is 0.945. The summed E-state index contributed by atoms with van der Waals surface area (Å²) < 4.78 is 13.5. The third-order valence-electron chi connectivity index (χ3n) is 1.43. The van der Waals surface area contributed by atoms with E-state index >= 15 is 0 Å². The van der Waals surface area contributed by atoms with Crippen molar-refractivity contribution < 1.29 is 4.39 Å². The second kappa shape index (κ2) is 3.86. The molecule has 0 saturated heterocycles.